The Labute approximate surface area is 144 Å². The average Bonchev–Trinajstić information content (AvgIpc) is 2.69. The van der Waals surface area contributed by atoms with Crippen LogP contribution in [0.1, 0.15) is 41.5 Å². The molecule has 1 heteroatoms. The number of fused-ring (bicyclic) bond motifs is 5. The van der Waals surface area contributed by atoms with Gasteiger partial charge in [0.1, 0.15) is 6.61 Å². The summed E-state index contributed by atoms with van der Waals surface area (Å²) < 4.78 is 4.80. The zero-order valence-electron chi connectivity index (χ0n) is 14.1. The minimum absolute atomic E-state index is 0.733. The fourth-order valence-corrected chi connectivity index (χ4v) is 3.99. The van der Waals surface area contributed by atoms with Gasteiger partial charge in [-0.25, -0.2) is 0 Å². The van der Waals surface area contributed by atoms with E-state index in [1.165, 1.54) is 42.4 Å². The van der Waals surface area contributed by atoms with Gasteiger partial charge in [0, 0.05) is 0 Å². The molecular weight excluding hydrogens is 292 g/mol. The van der Waals surface area contributed by atoms with E-state index in [0.29, 0.717) is 0 Å². The molecule has 122 valence electrons. The fourth-order valence-electron chi connectivity index (χ4n) is 3.99. The van der Waals surface area contributed by atoms with Gasteiger partial charge in [0.25, 0.3) is 0 Å². The largest absolute Gasteiger partial charge is 0.497 e. The normalized spacial score (nSPS) is 19.7. The molecule has 5 rings (SSSR count). The molecule has 1 aromatic rings. The van der Waals surface area contributed by atoms with Crippen LogP contribution in [0.25, 0.3) is 5.57 Å². The first-order chi connectivity index (χ1) is 11.9. The summed E-state index contributed by atoms with van der Waals surface area (Å²) in [7, 11) is 0. The van der Waals surface area contributed by atoms with Crippen molar-refractivity contribution in [3.8, 4) is 0 Å². The predicted molar refractivity (Wildman–Crippen MR) is 101 cm³/mol. The van der Waals surface area contributed by atoms with Gasteiger partial charge in [0.15, 0.2) is 0 Å². The summed E-state index contributed by atoms with van der Waals surface area (Å²) in [5.74, 6) is 0. The maximum atomic E-state index is 4.80. The number of allylic oxidation sites excluding steroid dienone is 8. The summed E-state index contributed by atoms with van der Waals surface area (Å²) in [5, 5.41) is 0. The lowest BCUT2D eigenvalue weighted by Gasteiger charge is -2.27. The van der Waals surface area contributed by atoms with Gasteiger partial charge in [-0.05, 0) is 84.1 Å². The fraction of sp³-hybridized carbons (Fsp3) is 0.304. The van der Waals surface area contributed by atoms with Gasteiger partial charge in [0.05, 0.1) is 6.26 Å². The molecule has 0 saturated heterocycles. The van der Waals surface area contributed by atoms with Gasteiger partial charge in [-0.1, -0.05) is 42.5 Å². The maximum Gasteiger partial charge on any atom is 0.106 e. The number of rotatable bonds is 0. The molecule has 3 aliphatic carbocycles. The van der Waals surface area contributed by atoms with Crippen molar-refractivity contribution in [3.05, 3.63) is 88.8 Å². The van der Waals surface area contributed by atoms with E-state index in [1.54, 1.807) is 23.0 Å². The first-order valence-corrected chi connectivity index (χ1v) is 9.07. The van der Waals surface area contributed by atoms with E-state index < -0.39 is 0 Å². The summed E-state index contributed by atoms with van der Waals surface area (Å²) in [5.41, 5.74) is 9.43. The molecule has 1 aliphatic heterocycles. The third kappa shape index (κ3) is 3.03. The van der Waals surface area contributed by atoms with Gasteiger partial charge >= 0.3 is 0 Å². The van der Waals surface area contributed by atoms with Crippen molar-refractivity contribution in [1.29, 1.82) is 0 Å². The lowest BCUT2D eigenvalue weighted by molar-refractivity contribution is 0.286. The van der Waals surface area contributed by atoms with E-state index in [0.717, 1.165) is 19.4 Å². The van der Waals surface area contributed by atoms with E-state index in [9.17, 15) is 0 Å². The highest BCUT2D eigenvalue weighted by Crippen LogP contribution is 2.39. The molecule has 0 N–H and O–H groups in total. The van der Waals surface area contributed by atoms with Gasteiger partial charge in [0.2, 0.25) is 0 Å². The third-order valence-electron chi connectivity index (χ3n) is 5.19. The maximum absolute atomic E-state index is 4.80. The minimum atomic E-state index is 0.733. The number of benzene rings is 1. The van der Waals surface area contributed by atoms with Crippen molar-refractivity contribution in [2.24, 2.45) is 0 Å². The Hall–Kier alpha value is -2.28. The van der Waals surface area contributed by atoms with Crippen LogP contribution < -0.4 is 0 Å². The van der Waals surface area contributed by atoms with E-state index in [4.69, 9.17) is 4.74 Å². The summed E-state index contributed by atoms with van der Waals surface area (Å²) in [6.07, 6.45) is 24.3. The molecule has 0 spiro atoms. The molecule has 0 aromatic heterocycles. The molecule has 1 heterocycles. The zero-order valence-corrected chi connectivity index (χ0v) is 14.1. The molecular formula is C23H24O. The van der Waals surface area contributed by atoms with Crippen LogP contribution in [-0.2, 0) is 24.0 Å². The molecule has 0 unspecified atom stereocenters. The quantitative estimate of drug-likeness (QED) is 0.616. The van der Waals surface area contributed by atoms with Crippen LogP contribution in [0.15, 0.2) is 66.5 Å². The first-order valence-electron chi connectivity index (χ1n) is 9.07. The SMILES string of the molecule is C1=CCC2=CCc3c(ccc4c3CCCC4)C2=C1.C1=CCOC=C1. The van der Waals surface area contributed by atoms with Crippen LogP contribution in [0.3, 0.4) is 0 Å². The first kappa shape index (κ1) is 15.3. The molecule has 1 aromatic carbocycles. The highest BCUT2D eigenvalue weighted by molar-refractivity contribution is 5.85. The van der Waals surface area contributed by atoms with Gasteiger partial charge < -0.3 is 4.74 Å². The molecule has 24 heavy (non-hydrogen) atoms. The molecule has 0 bridgehead atoms. The monoisotopic (exact) mass is 316 g/mol. The van der Waals surface area contributed by atoms with E-state index in [2.05, 4.69) is 36.4 Å². The van der Waals surface area contributed by atoms with Crippen molar-refractivity contribution in [2.45, 2.75) is 38.5 Å². The second-order valence-electron chi connectivity index (χ2n) is 6.67. The smallest absolute Gasteiger partial charge is 0.106 e. The van der Waals surface area contributed by atoms with Crippen molar-refractivity contribution in [1.82, 2.24) is 0 Å². The third-order valence-corrected chi connectivity index (χ3v) is 5.19. The van der Waals surface area contributed by atoms with E-state index >= 15 is 0 Å². The highest BCUT2D eigenvalue weighted by atomic mass is 16.5. The van der Waals surface area contributed by atoms with Crippen molar-refractivity contribution < 1.29 is 4.74 Å². The number of hydrogen-bond donors (Lipinski definition) is 0. The van der Waals surface area contributed by atoms with Gasteiger partial charge in [-0.3, -0.25) is 0 Å². The molecule has 0 radical (unpaired) electrons. The lowest BCUT2D eigenvalue weighted by atomic mass is 9.77. The summed E-state index contributed by atoms with van der Waals surface area (Å²) >= 11 is 0. The van der Waals surface area contributed by atoms with Crippen LogP contribution >= 0.6 is 0 Å². The van der Waals surface area contributed by atoms with Gasteiger partial charge in [-0.2, -0.15) is 0 Å². The Morgan fingerprint density at radius 1 is 0.833 bits per heavy atom. The predicted octanol–water partition coefficient (Wildman–Crippen LogP) is 5.48. The second-order valence-corrected chi connectivity index (χ2v) is 6.67. The Bertz CT molecular complexity index is 759. The number of hydrogen-bond acceptors (Lipinski definition) is 1. The lowest BCUT2D eigenvalue weighted by Crippen LogP contribution is -2.12. The van der Waals surface area contributed by atoms with Crippen molar-refractivity contribution in [3.63, 3.8) is 0 Å². The summed E-state index contributed by atoms with van der Waals surface area (Å²) in [6.45, 7) is 0.733. The standard InChI is InChI=1S/C18H18.C5H6O/c1-3-7-15-13(5-1)9-11-18-16-8-4-2-6-14(16)10-12-17(15)18;1-2-4-6-5-3-1/h1,3,7,9-10,12H,2,4-6,8,11H2;1-4H,5H2. The average molecular weight is 316 g/mol. The Balaban J connectivity index is 0.000000207. The van der Waals surface area contributed by atoms with Crippen LogP contribution in [0, 0.1) is 0 Å². The molecule has 1 nitrogen and oxygen atoms in total. The number of ether oxygens (including phenoxy) is 1. The van der Waals surface area contributed by atoms with E-state index in [1.807, 2.05) is 18.2 Å². The number of aryl methyl sites for hydroxylation is 1. The summed E-state index contributed by atoms with van der Waals surface area (Å²) in [4.78, 5) is 0. The summed E-state index contributed by atoms with van der Waals surface area (Å²) in [6, 6.07) is 4.76. The van der Waals surface area contributed by atoms with Gasteiger partial charge in [-0.15, -0.1) is 0 Å². The van der Waals surface area contributed by atoms with E-state index in [-0.39, 0.29) is 0 Å². The van der Waals surface area contributed by atoms with Crippen molar-refractivity contribution >= 4 is 5.57 Å². The Kier molecular flexibility index (Phi) is 4.51. The Morgan fingerprint density at radius 2 is 1.79 bits per heavy atom. The molecule has 0 saturated carbocycles. The molecule has 4 aliphatic rings. The molecule has 0 amide bonds. The van der Waals surface area contributed by atoms with Crippen LogP contribution in [-0.4, -0.2) is 6.61 Å². The Morgan fingerprint density at radius 3 is 2.58 bits per heavy atom. The minimum Gasteiger partial charge on any atom is -0.497 e. The topological polar surface area (TPSA) is 9.23 Å². The highest BCUT2D eigenvalue weighted by Gasteiger charge is 2.22. The van der Waals surface area contributed by atoms with Crippen LogP contribution in [0.4, 0.5) is 0 Å². The molecule has 0 fully saturated rings. The zero-order chi connectivity index (χ0) is 16.2. The second kappa shape index (κ2) is 7.09. The molecule has 0 atom stereocenters. The van der Waals surface area contributed by atoms with Crippen LogP contribution in [0.5, 0.6) is 0 Å². The van der Waals surface area contributed by atoms with Crippen molar-refractivity contribution in [2.75, 3.05) is 6.61 Å². The van der Waals surface area contributed by atoms with Crippen LogP contribution in [0.2, 0.25) is 0 Å².